The van der Waals surface area contributed by atoms with E-state index in [1.807, 2.05) is 0 Å². The van der Waals surface area contributed by atoms with Crippen LogP contribution >= 0.6 is 0 Å². The van der Waals surface area contributed by atoms with Crippen LogP contribution < -0.4 is 5.73 Å². The maximum Gasteiger partial charge on any atom is 0.165 e. The fourth-order valence-electron chi connectivity index (χ4n) is 2.28. The third-order valence-electron chi connectivity index (χ3n) is 3.14. The number of imidazole rings is 1. The van der Waals surface area contributed by atoms with Gasteiger partial charge in [0.25, 0.3) is 0 Å². The Morgan fingerprint density at radius 3 is 3.06 bits per heavy atom. The molecule has 8 nitrogen and oxygen atoms in total. The van der Waals surface area contributed by atoms with E-state index >= 15 is 0 Å². The van der Waals surface area contributed by atoms with E-state index in [0.717, 1.165) is 0 Å². The topological polar surface area (TPSA) is 119 Å². The van der Waals surface area contributed by atoms with Crippen molar-refractivity contribution in [2.24, 2.45) is 0 Å². The van der Waals surface area contributed by atoms with Crippen molar-refractivity contribution in [2.45, 2.75) is 18.2 Å². The number of nitrogens with zero attached hydrogens (tertiary/aromatic N) is 4. The first-order chi connectivity index (χ1) is 8.72. The lowest BCUT2D eigenvalue weighted by molar-refractivity contribution is 0.0419. The second-order valence-corrected chi connectivity index (χ2v) is 4.20. The van der Waals surface area contributed by atoms with E-state index < -0.39 is 18.2 Å². The highest BCUT2D eigenvalue weighted by molar-refractivity contribution is 5.81. The lowest BCUT2D eigenvalue weighted by atomic mass is 10.1. The summed E-state index contributed by atoms with van der Waals surface area (Å²) in [6.07, 6.45) is 1.68. The number of nitrogens with two attached hydrogens (primary N) is 1. The van der Waals surface area contributed by atoms with Gasteiger partial charge in [-0.2, -0.15) is 0 Å². The summed E-state index contributed by atoms with van der Waals surface area (Å²) in [4.78, 5) is 12.1. The molecule has 0 bridgehead atoms. The van der Waals surface area contributed by atoms with E-state index in [1.165, 1.54) is 12.7 Å². The number of hydrogen-bond acceptors (Lipinski definition) is 7. The highest BCUT2D eigenvalue weighted by atomic mass is 16.5. The summed E-state index contributed by atoms with van der Waals surface area (Å²) in [5.41, 5.74) is 6.70. The predicted octanol–water partition coefficient (Wildman–Crippen LogP) is -1.30. The second kappa shape index (κ2) is 4.16. The molecule has 0 aromatic carbocycles. The molecule has 4 N–H and O–H groups in total. The van der Waals surface area contributed by atoms with Gasteiger partial charge in [0.1, 0.15) is 24.1 Å². The first-order valence-corrected chi connectivity index (χ1v) is 5.56. The number of aliphatic hydroxyl groups is 2. The maximum atomic E-state index is 9.93. The van der Waals surface area contributed by atoms with Gasteiger partial charge in [-0.15, -0.1) is 0 Å². The summed E-state index contributed by atoms with van der Waals surface area (Å²) in [6.45, 7) is -0.00189. The van der Waals surface area contributed by atoms with E-state index in [4.69, 9.17) is 10.5 Å². The smallest absolute Gasteiger partial charge is 0.165 e. The Hall–Kier alpha value is -1.77. The minimum absolute atomic E-state index is 0.177. The molecule has 0 aliphatic carbocycles. The van der Waals surface area contributed by atoms with E-state index in [-0.39, 0.29) is 19.0 Å². The molecular weight excluding hydrogens is 238 g/mol. The first-order valence-electron chi connectivity index (χ1n) is 5.56. The molecule has 18 heavy (non-hydrogen) atoms. The van der Waals surface area contributed by atoms with E-state index in [2.05, 4.69) is 15.0 Å². The van der Waals surface area contributed by atoms with Gasteiger partial charge in [-0.25, -0.2) is 15.0 Å². The van der Waals surface area contributed by atoms with Gasteiger partial charge in [0.05, 0.1) is 25.6 Å². The Balaban J connectivity index is 2.11. The Bertz CT molecular complexity index is 572. The molecule has 2 aromatic heterocycles. The molecule has 1 aliphatic rings. The van der Waals surface area contributed by atoms with Gasteiger partial charge in [0, 0.05) is 0 Å². The molecule has 1 aliphatic heterocycles. The van der Waals surface area contributed by atoms with Gasteiger partial charge < -0.3 is 25.3 Å². The van der Waals surface area contributed by atoms with E-state index in [1.54, 1.807) is 4.57 Å². The zero-order valence-electron chi connectivity index (χ0n) is 9.47. The molecule has 1 fully saturated rings. The summed E-state index contributed by atoms with van der Waals surface area (Å²) in [7, 11) is 0. The number of rotatable bonds is 2. The highest BCUT2D eigenvalue weighted by Crippen LogP contribution is 2.29. The van der Waals surface area contributed by atoms with Crippen molar-refractivity contribution in [3.8, 4) is 0 Å². The average Bonchev–Trinajstić information content (AvgIpc) is 2.93. The second-order valence-electron chi connectivity index (χ2n) is 4.20. The zero-order valence-corrected chi connectivity index (χ0v) is 9.47. The lowest BCUT2D eigenvalue weighted by Gasteiger charge is -2.20. The quantitative estimate of drug-likeness (QED) is 0.607. The van der Waals surface area contributed by atoms with Gasteiger partial charge in [-0.05, 0) is 0 Å². The van der Waals surface area contributed by atoms with Crippen LogP contribution in [0, 0.1) is 0 Å². The molecule has 0 saturated carbocycles. The zero-order chi connectivity index (χ0) is 12.7. The van der Waals surface area contributed by atoms with Crippen LogP contribution in [0.15, 0.2) is 12.7 Å². The van der Waals surface area contributed by atoms with Gasteiger partial charge in [0.15, 0.2) is 11.5 Å². The minimum atomic E-state index is -0.712. The number of fused-ring (bicyclic) bond motifs is 1. The third-order valence-corrected chi connectivity index (χ3v) is 3.14. The van der Waals surface area contributed by atoms with E-state index in [9.17, 15) is 10.2 Å². The summed E-state index contributed by atoms with van der Waals surface area (Å²) in [5.74, 6) is 0.285. The highest BCUT2D eigenvalue weighted by Gasteiger charge is 2.38. The monoisotopic (exact) mass is 251 g/mol. The van der Waals surface area contributed by atoms with Crippen LogP contribution in [0.4, 0.5) is 5.82 Å². The van der Waals surface area contributed by atoms with Crippen LogP contribution in [0.2, 0.25) is 0 Å². The van der Waals surface area contributed by atoms with Gasteiger partial charge in [-0.3, -0.25) is 0 Å². The van der Waals surface area contributed by atoms with Crippen LogP contribution in [0.1, 0.15) is 6.04 Å². The molecule has 1 saturated heterocycles. The molecule has 3 heterocycles. The molecule has 2 aromatic rings. The lowest BCUT2D eigenvalue weighted by Crippen LogP contribution is -2.29. The van der Waals surface area contributed by atoms with Crippen LogP contribution in [-0.2, 0) is 4.74 Å². The van der Waals surface area contributed by atoms with Gasteiger partial charge in [-0.1, -0.05) is 0 Å². The Labute approximate surface area is 102 Å². The number of nitrogen functional groups attached to an aromatic ring is 1. The van der Waals surface area contributed by atoms with Crippen molar-refractivity contribution in [1.82, 2.24) is 19.5 Å². The third kappa shape index (κ3) is 1.54. The number of aromatic nitrogens is 4. The normalized spacial score (nSPS) is 28.0. The molecule has 0 unspecified atom stereocenters. The molecule has 8 heteroatoms. The van der Waals surface area contributed by atoms with Crippen molar-refractivity contribution in [3.63, 3.8) is 0 Å². The fraction of sp³-hybridized carbons (Fsp3) is 0.500. The van der Waals surface area contributed by atoms with Crippen LogP contribution in [0.25, 0.3) is 11.2 Å². The molecule has 96 valence electrons. The molecule has 0 spiro atoms. The van der Waals surface area contributed by atoms with Crippen molar-refractivity contribution in [1.29, 1.82) is 0 Å². The molecular formula is C10H13N5O3. The standard InChI is InChI=1S/C10H13N5O3/c11-9-7-10(13-3-12-9)15(4-14-7)8-5(17)2-18-6(8)1-16/h3-6,8,16-17H,1-2H2,(H2,11,12,13)/t5-,6+,8+/m0/s1. The average molecular weight is 251 g/mol. The largest absolute Gasteiger partial charge is 0.394 e. The number of hydrogen-bond donors (Lipinski definition) is 3. The summed E-state index contributed by atoms with van der Waals surface area (Å²) < 4.78 is 6.98. The molecule has 0 amide bonds. The molecule has 3 rings (SSSR count). The van der Waals surface area contributed by atoms with Crippen molar-refractivity contribution < 1.29 is 14.9 Å². The van der Waals surface area contributed by atoms with Crippen molar-refractivity contribution in [3.05, 3.63) is 12.7 Å². The van der Waals surface area contributed by atoms with Crippen molar-refractivity contribution >= 4 is 17.0 Å². The number of anilines is 1. The van der Waals surface area contributed by atoms with Crippen molar-refractivity contribution in [2.75, 3.05) is 18.9 Å². The molecule has 3 atom stereocenters. The first kappa shape index (κ1) is 11.3. The van der Waals surface area contributed by atoms with Crippen LogP contribution in [0.3, 0.4) is 0 Å². The minimum Gasteiger partial charge on any atom is -0.394 e. The van der Waals surface area contributed by atoms with Gasteiger partial charge >= 0.3 is 0 Å². The summed E-state index contributed by atoms with van der Waals surface area (Å²) in [5, 5.41) is 19.2. The maximum absolute atomic E-state index is 9.93. The summed E-state index contributed by atoms with van der Waals surface area (Å²) in [6, 6.07) is -0.422. The van der Waals surface area contributed by atoms with Crippen LogP contribution in [-0.4, -0.2) is 55.2 Å². The Morgan fingerprint density at radius 1 is 1.44 bits per heavy atom. The predicted molar refractivity (Wildman–Crippen MR) is 61.6 cm³/mol. The Kier molecular flexibility index (Phi) is 2.62. The van der Waals surface area contributed by atoms with E-state index in [0.29, 0.717) is 11.2 Å². The SMILES string of the molecule is Nc1ncnc2c1ncn2[C@@H]1[C@@H](O)CO[C@@H]1CO. The number of aliphatic hydroxyl groups excluding tert-OH is 2. The Morgan fingerprint density at radius 2 is 2.28 bits per heavy atom. The number of ether oxygens (including phenoxy) is 1. The van der Waals surface area contributed by atoms with Crippen LogP contribution in [0.5, 0.6) is 0 Å². The summed E-state index contributed by atoms with van der Waals surface area (Å²) >= 11 is 0. The fourth-order valence-corrected chi connectivity index (χ4v) is 2.28. The van der Waals surface area contributed by atoms with Gasteiger partial charge in [0.2, 0.25) is 0 Å². The molecule has 0 radical (unpaired) electrons.